The Morgan fingerprint density at radius 1 is 1.29 bits per heavy atom. The maximum absolute atomic E-state index is 11.4. The van der Waals surface area contributed by atoms with Crippen LogP contribution in [0, 0.1) is 5.92 Å². The van der Waals surface area contributed by atoms with Crippen LogP contribution in [0.2, 0.25) is 0 Å². The van der Waals surface area contributed by atoms with Gasteiger partial charge in [-0.15, -0.1) is 0 Å². The number of hydrogen-bond acceptors (Lipinski definition) is 3. The number of benzene rings is 1. The molecule has 0 saturated carbocycles. The zero-order valence-corrected chi connectivity index (χ0v) is 9.76. The van der Waals surface area contributed by atoms with Crippen molar-refractivity contribution in [1.29, 1.82) is 0 Å². The molecule has 1 rings (SSSR count). The van der Waals surface area contributed by atoms with E-state index in [2.05, 4.69) is 0 Å². The topological polar surface area (TPSA) is 63.6 Å². The molecule has 0 fully saturated rings. The Morgan fingerprint density at radius 3 is 2.47 bits per heavy atom. The number of carbonyl (C=O) groups is 2. The van der Waals surface area contributed by atoms with Crippen LogP contribution in [0.5, 0.6) is 0 Å². The number of esters is 1. The lowest BCUT2D eigenvalue weighted by Gasteiger charge is -2.10. The Kier molecular flexibility index (Phi) is 5.20. The fraction of sp³-hybridized carbons (Fsp3) is 0.385. The molecule has 0 amide bonds. The molecule has 0 bridgehead atoms. The van der Waals surface area contributed by atoms with E-state index in [4.69, 9.17) is 9.84 Å². The minimum absolute atomic E-state index is 0.202. The van der Waals surface area contributed by atoms with Gasteiger partial charge in [-0.1, -0.05) is 30.3 Å². The van der Waals surface area contributed by atoms with E-state index in [0.717, 1.165) is 5.56 Å². The second kappa shape index (κ2) is 6.68. The molecule has 0 spiro atoms. The smallest absolute Gasteiger partial charge is 0.320 e. The van der Waals surface area contributed by atoms with Crippen LogP contribution >= 0.6 is 0 Å². The molecule has 0 saturated heterocycles. The first-order valence-electron chi connectivity index (χ1n) is 5.58. The summed E-state index contributed by atoms with van der Waals surface area (Å²) in [4.78, 5) is 22.3. The first-order valence-corrected chi connectivity index (χ1v) is 5.58. The number of hydrogen-bond donors (Lipinski definition) is 1. The van der Waals surface area contributed by atoms with Gasteiger partial charge < -0.3 is 9.84 Å². The van der Waals surface area contributed by atoms with Gasteiger partial charge in [0.15, 0.2) is 5.92 Å². The molecule has 0 aliphatic rings. The quantitative estimate of drug-likeness (QED) is 0.605. The predicted octanol–water partition coefficient (Wildman–Crippen LogP) is 1.88. The summed E-state index contributed by atoms with van der Waals surface area (Å²) in [6.45, 7) is 1.86. The molecule has 0 aliphatic heterocycles. The summed E-state index contributed by atoms with van der Waals surface area (Å²) >= 11 is 0. The Bertz CT molecular complexity index is 372. The van der Waals surface area contributed by atoms with Gasteiger partial charge >= 0.3 is 11.9 Å². The number of aliphatic carboxylic acids is 1. The molecule has 4 nitrogen and oxygen atoms in total. The molecule has 92 valence electrons. The number of carbonyl (C=O) groups excluding carboxylic acids is 1. The molecular weight excluding hydrogens is 220 g/mol. The first-order chi connectivity index (χ1) is 8.15. The lowest BCUT2D eigenvalue weighted by atomic mass is 10.00. The second-order valence-corrected chi connectivity index (χ2v) is 3.67. The van der Waals surface area contributed by atoms with Crippen LogP contribution in [0.15, 0.2) is 30.3 Å². The molecule has 1 unspecified atom stereocenters. The molecule has 1 N–H and O–H groups in total. The van der Waals surface area contributed by atoms with E-state index in [-0.39, 0.29) is 13.0 Å². The molecule has 0 aromatic heterocycles. The average molecular weight is 236 g/mol. The minimum atomic E-state index is -1.13. The van der Waals surface area contributed by atoms with Gasteiger partial charge in [0.25, 0.3) is 0 Å². The Labute approximate surface area is 100 Å². The van der Waals surface area contributed by atoms with Crippen LogP contribution in [-0.2, 0) is 20.7 Å². The van der Waals surface area contributed by atoms with Crippen molar-refractivity contribution in [3.63, 3.8) is 0 Å². The molecule has 0 heterocycles. The lowest BCUT2D eigenvalue weighted by molar-refractivity contribution is -0.158. The van der Waals surface area contributed by atoms with Crippen LogP contribution in [0.4, 0.5) is 0 Å². The van der Waals surface area contributed by atoms with Crippen molar-refractivity contribution in [1.82, 2.24) is 0 Å². The van der Waals surface area contributed by atoms with Gasteiger partial charge in [0, 0.05) is 0 Å². The highest BCUT2D eigenvalue weighted by Gasteiger charge is 2.27. The lowest BCUT2D eigenvalue weighted by Crippen LogP contribution is -2.26. The highest BCUT2D eigenvalue weighted by atomic mass is 16.5. The summed E-state index contributed by atoms with van der Waals surface area (Å²) in [5.41, 5.74) is 1.02. The van der Waals surface area contributed by atoms with Crippen LogP contribution in [-0.4, -0.2) is 23.7 Å². The van der Waals surface area contributed by atoms with E-state index in [0.29, 0.717) is 6.42 Å². The van der Waals surface area contributed by atoms with Crippen LogP contribution < -0.4 is 0 Å². The van der Waals surface area contributed by atoms with Gasteiger partial charge in [0.2, 0.25) is 0 Å². The van der Waals surface area contributed by atoms with Crippen LogP contribution in [0.3, 0.4) is 0 Å². The monoisotopic (exact) mass is 236 g/mol. The summed E-state index contributed by atoms with van der Waals surface area (Å²) in [5, 5.41) is 8.95. The standard InChI is InChI=1S/C13H16O4/c1-2-17-13(16)11(12(14)15)9-8-10-6-4-3-5-7-10/h3-7,11H,2,8-9H2,1H3,(H,14,15). The van der Waals surface area contributed by atoms with Gasteiger partial charge in [0.1, 0.15) is 0 Å². The van der Waals surface area contributed by atoms with Crippen LogP contribution in [0.25, 0.3) is 0 Å². The molecule has 0 aliphatic carbocycles. The Morgan fingerprint density at radius 2 is 1.94 bits per heavy atom. The van der Waals surface area contributed by atoms with Gasteiger partial charge in [-0.05, 0) is 25.3 Å². The Hall–Kier alpha value is -1.84. The number of ether oxygens (including phenoxy) is 1. The van der Waals surface area contributed by atoms with Gasteiger partial charge in [-0.2, -0.15) is 0 Å². The van der Waals surface area contributed by atoms with Crippen molar-refractivity contribution in [2.75, 3.05) is 6.61 Å². The first kappa shape index (κ1) is 13.2. The van der Waals surface area contributed by atoms with Crippen molar-refractivity contribution in [2.45, 2.75) is 19.8 Å². The van der Waals surface area contributed by atoms with E-state index in [1.54, 1.807) is 6.92 Å². The third-order valence-corrected chi connectivity index (χ3v) is 2.43. The van der Waals surface area contributed by atoms with E-state index in [1.165, 1.54) is 0 Å². The van der Waals surface area contributed by atoms with Gasteiger partial charge in [0.05, 0.1) is 6.61 Å². The number of aryl methyl sites for hydroxylation is 1. The zero-order chi connectivity index (χ0) is 12.7. The average Bonchev–Trinajstić information content (AvgIpc) is 2.30. The largest absolute Gasteiger partial charge is 0.481 e. The van der Waals surface area contributed by atoms with Crippen molar-refractivity contribution in [2.24, 2.45) is 5.92 Å². The zero-order valence-electron chi connectivity index (χ0n) is 9.76. The van der Waals surface area contributed by atoms with E-state index in [9.17, 15) is 9.59 Å². The molecule has 0 radical (unpaired) electrons. The third-order valence-electron chi connectivity index (χ3n) is 2.43. The summed E-state index contributed by atoms with van der Waals surface area (Å²) in [6.07, 6.45) is 0.814. The van der Waals surface area contributed by atoms with Crippen molar-refractivity contribution in [3.8, 4) is 0 Å². The summed E-state index contributed by atoms with van der Waals surface area (Å²) in [6, 6.07) is 9.47. The van der Waals surface area contributed by atoms with E-state index < -0.39 is 17.9 Å². The molecular formula is C13H16O4. The predicted molar refractivity (Wildman–Crippen MR) is 62.5 cm³/mol. The highest BCUT2D eigenvalue weighted by Crippen LogP contribution is 2.12. The maximum atomic E-state index is 11.4. The van der Waals surface area contributed by atoms with E-state index in [1.807, 2.05) is 30.3 Å². The molecule has 17 heavy (non-hydrogen) atoms. The normalized spacial score (nSPS) is 11.8. The van der Waals surface area contributed by atoms with Gasteiger partial charge in [-0.25, -0.2) is 0 Å². The SMILES string of the molecule is CCOC(=O)C(CCc1ccccc1)C(=O)O. The van der Waals surface area contributed by atoms with Crippen LogP contribution in [0.1, 0.15) is 18.9 Å². The number of carboxylic acids is 1. The summed E-state index contributed by atoms with van der Waals surface area (Å²) < 4.78 is 4.73. The molecule has 1 aromatic rings. The fourth-order valence-corrected chi connectivity index (χ4v) is 1.54. The third kappa shape index (κ3) is 4.26. The van der Waals surface area contributed by atoms with Crippen molar-refractivity contribution in [3.05, 3.63) is 35.9 Å². The highest BCUT2D eigenvalue weighted by molar-refractivity contribution is 5.93. The number of rotatable bonds is 6. The molecule has 1 aromatic carbocycles. The maximum Gasteiger partial charge on any atom is 0.320 e. The van der Waals surface area contributed by atoms with Crippen molar-refractivity contribution >= 4 is 11.9 Å². The van der Waals surface area contributed by atoms with Crippen molar-refractivity contribution < 1.29 is 19.4 Å². The molecule has 4 heteroatoms. The van der Waals surface area contributed by atoms with Gasteiger partial charge in [-0.3, -0.25) is 9.59 Å². The fourth-order valence-electron chi connectivity index (χ4n) is 1.54. The minimum Gasteiger partial charge on any atom is -0.481 e. The Balaban J connectivity index is 2.56. The summed E-state index contributed by atoms with van der Waals surface area (Å²) in [5.74, 6) is -2.86. The summed E-state index contributed by atoms with van der Waals surface area (Å²) in [7, 11) is 0. The second-order valence-electron chi connectivity index (χ2n) is 3.67. The van der Waals surface area contributed by atoms with E-state index >= 15 is 0 Å². The number of carboxylic acid groups (broad SMARTS) is 1. The molecule has 1 atom stereocenters.